The summed E-state index contributed by atoms with van der Waals surface area (Å²) in [5.74, 6) is -1.62. The number of amides is 1. The molecule has 37 heavy (non-hydrogen) atoms. The van der Waals surface area contributed by atoms with E-state index in [1.54, 1.807) is 24.3 Å². The first kappa shape index (κ1) is 28.0. The molecule has 1 unspecified atom stereocenters. The van der Waals surface area contributed by atoms with Gasteiger partial charge in [0.25, 0.3) is 11.7 Å². The van der Waals surface area contributed by atoms with Gasteiger partial charge in [0, 0.05) is 26.1 Å². The van der Waals surface area contributed by atoms with Crippen LogP contribution >= 0.6 is 11.6 Å². The Kier molecular flexibility index (Phi) is 9.18. The van der Waals surface area contributed by atoms with Crippen molar-refractivity contribution in [2.24, 2.45) is 0 Å². The molecule has 1 N–H and O–H groups in total. The lowest BCUT2D eigenvalue weighted by atomic mass is 9.94. The van der Waals surface area contributed by atoms with Crippen LogP contribution in [0.5, 0.6) is 17.2 Å². The number of carbonyl (C=O) groups is 3. The van der Waals surface area contributed by atoms with Crippen LogP contribution in [0.1, 0.15) is 37.9 Å². The fourth-order valence-corrected chi connectivity index (χ4v) is 4.55. The largest absolute Gasteiger partial charge is 0.507 e. The predicted octanol–water partition coefficient (Wildman–Crippen LogP) is 4.05. The highest BCUT2D eigenvalue weighted by molar-refractivity contribution is 6.46. The van der Waals surface area contributed by atoms with E-state index in [9.17, 15) is 19.5 Å². The molecule has 1 heterocycles. The van der Waals surface area contributed by atoms with Crippen molar-refractivity contribution in [3.63, 3.8) is 0 Å². The van der Waals surface area contributed by atoms with Crippen LogP contribution in [0.4, 0.5) is 0 Å². The summed E-state index contributed by atoms with van der Waals surface area (Å²) in [4.78, 5) is 41.5. The molecular formula is C27H31ClN2O7. The fourth-order valence-electron chi connectivity index (χ4n) is 4.32. The molecule has 1 amide bonds. The second kappa shape index (κ2) is 12.1. The number of benzene rings is 2. The number of ether oxygens (including phenoxy) is 3. The lowest BCUT2D eigenvalue weighted by Gasteiger charge is -2.28. The van der Waals surface area contributed by atoms with Gasteiger partial charge in [0.15, 0.2) is 0 Å². The highest BCUT2D eigenvalue weighted by Gasteiger charge is 2.46. The minimum absolute atomic E-state index is 0.0903. The van der Waals surface area contributed by atoms with Gasteiger partial charge in [0.05, 0.1) is 36.4 Å². The highest BCUT2D eigenvalue weighted by atomic mass is 35.5. The van der Waals surface area contributed by atoms with Crippen LogP contribution in [0.15, 0.2) is 42.0 Å². The number of aliphatic hydroxyl groups is 1. The Bertz CT molecular complexity index is 1210. The first-order valence-corrected chi connectivity index (χ1v) is 12.3. The summed E-state index contributed by atoms with van der Waals surface area (Å²) in [6.45, 7) is 7.70. The summed E-state index contributed by atoms with van der Waals surface area (Å²) in [5, 5.41) is 11.7. The highest BCUT2D eigenvalue weighted by Crippen LogP contribution is 2.43. The summed E-state index contributed by atoms with van der Waals surface area (Å²) in [6.07, 6.45) is 0. The molecule has 2 aromatic carbocycles. The molecule has 1 aliphatic heterocycles. The molecule has 1 aliphatic rings. The molecule has 0 aromatic heterocycles. The molecule has 1 atom stereocenters. The van der Waals surface area contributed by atoms with Crippen LogP contribution in [-0.2, 0) is 14.4 Å². The second-order valence-electron chi connectivity index (χ2n) is 8.37. The molecule has 3 rings (SSSR count). The molecule has 0 saturated carbocycles. The van der Waals surface area contributed by atoms with Crippen molar-refractivity contribution in [1.29, 1.82) is 0 Å². The minimum Gasteiger partial charge on any atom is -0.507 e. The van der Waals surface area contributed by atoms with Crippen molar-refractivity contribution in [1.82, 2.24) is 9.80 Å². The van der Waals surface area contributed by atoms with Gasteiger partial charge >= 0.3 is 5.97 Å². The van der Waals surface area contributed by atoms with Crippen molar-refractivity contribution in [2.75, 3.05) is 40.4 Å². The molecule has 0 radical (unpaired) electrons. The molecule has 2 aromatic rings. The quantitative estimate of drug-likeness (QED) is 0.161. The smallest absolute Gasteiger partial charge is 0.308 e. The molecule has 9 nitrogen and oxygen atoms in total. The molecule has 0 aliphatic carbocycles. The van der Waals surface area contributed by atoms with Gasteiger partial charge in [-0.25, -0.2) is 0 Å². The SMILES string of the molecule is CCN(CC)CCN1C(=O)C(=O)/C(=C(/O)c2cc(OC)c(Cl)cc2OC)C1c1ccc(OC(C)=O)cc1. The fraction of sp³-hybridized carbons (Fsp3) is 0.370. The number of methoxy groups -OCH3 is 2. The second-order valence-corrected chi connectivity index (χ2v) is 8.78. The standard InChI is InChI=1S/C27H31ClN2O7/c1-6-29(7-2)12-13-30-24(17-8-10-18(11-9-17)37-16(3)31)23(26(33)27(30)34)25(32)19-14-22(36-5)20(28)15-21(19)35-4/h8-11,14-15,24,32H,6-7,12-13H2,1-5H3/b25-23+. The van der Waals surface area contributed by atoms with Crippen molar-refractivity contribution >= 4 is 35.0 Å². The number of aliphatic hydroxyl groups excluding tert-OH is 1. The maximum absolute atomic E-state index is 13.3. The Hall–Kier alpha value is -3.56. The maximum Gasteiger partial charge on any atom is 0.308 e. The van der Waals surface area contributed by atoms with Crippen molar-refractivity contribution < 1.29 is 33.7 Å². The molecule has 10 heteroatoms. The average Bonchev–Trinajstić information content (AvgIpc) is 3.13. The van der Waals surface area contributed by atoms with Crippen molar-refractivity contribution in [3.05, 3.63) is 58.1 Å². The van der Waals surface area contributed by atoms with Gasteiger partial charge in [-0.05, 0) is 36.9 Å². The monoisotopic (exact) mass is 530 g/mol. The van der Waals surface area contributed by atoms with Crippen LogP contribution in [-0.4, -0.2) is 73.0 Å². The number of esters is 1. The lowest BCUT2D eigenvalue weighted by molar-refractivity contribution is -0.140. The Morgan fingerprint density at radius 3 is 2.22 bits per heavy atom. The zero-order chi connectivity index (χ0) is 27.3. The summed E-state index contributed by atoms with van der Waals surface area (Å²) in [7, 11) is 2.83. The van der Waals surface area contributed by atoms with E-state index in [0.717, 1.165) is 13.1 Å². The third kappa shape index (κ3) is 5.89. The van der Waals surface area contributed by atoms with Gasteiger partial charge in [-0.1, -0.05) is 37.6 Å². The predicted molar refractivity (Wildman–Crippen MR) is 139 cm³/mol. The van der Waals surface area contributed by atoms with Crippen LogP contribution in [0.3, 0.4) is 0 Å². The molecule has 0 bridgehead atoms. The van der Waals surface area contributed by atoms with Crippen molar-refractivity contribution in [3.8, 4) is 17.2 Å². The topological polar surface area (TPSA) is 106 Å². The summed E-state index contributed by atoms with van der Waals surface area (Å²) >= 11 is 6.22. The van der Waals surface area contributed by atoms with Gasteiger partial charge in [-0.3, -0.25) is 14.4 Å². The normalized spacial score (nSPS) is 16.8. The number of Topliss-reactive ketones (excluding diaryl/α,β-unsaturated/α-hetero) is 1. The van der Waals surface area contributed by atoms with Crippen LogP contribution in [0, 0.1) is 0 Å². The van der Waals surface area contributed by atoms with Crippen LogP contribution < -0.4 is 14.2 Å². The molecule has 0 spiro atoms. The van der Waals surface area contributed by atoms with Gasteiger partial charge in [-0.15, -0.1) is 0 Å². The van der Waals surface area contributed by atoms with Gasteiger partial charge in [-0.2, -0.15) is 0 Å². The summed E-state index contributed by atoms with van der Waals surface area (Å²) in [5.41, 5.74) is 0.635. The van der Waals surface area contributed by atoms with E-state index in [0.29, 0.717) is 17.9 Å². The van der Waals surface area contributed by atoms with E-state index >= 15 is 0 Å². The molecule has 1 saturated heterocycles. The van der Waals surface area contributed by atoms with Gasteiger partial charge in [0.1, 0.15) is 23.0 Å². The lowest BCUT2D eigenvalue weighted by Crippen LogP contribution is -2.38. The van der Waals surface area contributed by atoms with Crippen molar-refractivity contribution in [2.45, 2.75) is 26.8 Å². The summed E-state index contributed by atoms with van der Waals surface area (Å²) < 4.78 is 15.8. The number of halogens is 1. The Morgan fingerprint density at radius 1 is 1.05 bits per heavy atom. The van der Waals surface area contributed by atoms with E-state index in [4.69, 9.17) is 25.8 Å². The average molecular weight is 531 g/mol. The van der Waals surface area contributed by atoms with E-state index < -0.39 is 29.5 Å². The molecule has 198 valence electrons. The Morgan fingerprint density at radius 2 is 1.68 bits per heavy atom. The Balaban J connectivity index is 2.18. The Labute approximate surface area is 221 Å². The number of carbonyl (C=O) groups excluding carboxylic acids is 3. The van der Waals surface area contributed by atoms with E-state index in [1.165, 1.54) is 38.2 Å². The number of rotatable bonds is 10. The number of hydrogen-bond donors (Lipinski definition) is 1. The number of nitrogens with zero attached hydrogens (tertiary/aromatic N) is 2. The molecule has 1 fully saturated rings. The third-order valence-corrected chi connectivity index (χ3v) is 6.57. The minimum atomic E-state index is -0.881. The van der Waals surface area contributed by atoms with E-state index in [-0.39, 0.29) is 34.2 Å². The maximum atomic E-state index is 13.3. The summed E-state index contributed by atoms with van der Waals surface area (Å²) in [6, 6.07) is 8.52. The third-order valence-electron chi connectivity index (χ3n) is 6.28. The molecular weight excluding hydrogens is 500 g/mol. The van der Waals surface area contributed by atoms with E-state index in [2.05, 4.69) is 4.90 Å². The number of hydrogen-bond acceptors (Lipinski definition) is 8. The van der Waals surface area contributed by atoms with E-state index in [1.807, 2.05) is 13.8 Å². The first-order chi connectivity index (χ1) is 17.7. The van der Waals surface area contributed by atoms with Gasteiger partial charge in [0.2, 0.25) is 0 Å². The van der Waals surface area contributed by atoms with Crippen LogP contribution in [0.2, 0.25) is 5.02 Å². The zero-order valence-corrected chi connectivity index (χ0v) is 22.3. The van der Waals surface area contributed by atoms with Gasteiger partial charge < -0.3 is 29.1 Å². The zero-order valence-electron chi connectivity index (χ0n) is 21.5. The van der Waals surface area contributed by atoms with Crippen LogP contribution in [0.25, 0.3) is 5.76 Å². The number of likely N-dealkylation sites (tertiary alicyclic amines) is 1. The first-order valence-electron chi connectivity index (χ1n) is 11.9. The number of ketones is 1. The number of likely N-dealkylation sites (N-methyl/N-ethyl adjacent to an activating group) is 1.